The van der Waals surface area contributed by atoms with Crippen molar-refractivity contribution in [3.05, 3.63) is 35.9 Å². The topological polar surface area (TPSA) is 18.5 Å². The van der Waals surface area contributed by atoms with Crippen molar-refractivity contribution in [2.75, 3.05) is 12.5 Å². The number of rotatable bonds is 5. The zero-order valence-corrected chi connectivity index (χ0v) is 14.2. The highest BCUT2D eigenvalue weighted by Gasteiger charge is 2.37. The molecule has 0 atom stereocenters. The van der Waals surface area contributed by atoms with Crippen LogP contribution in [0.3, 0.4) is 0 Å². The fourth-order valence-corrected chi connectivity index (χ4v) is 3.13. The average Bonchev–Trinajstić information content (AvgIpc) is 2.31. The van der Waals surface area contributed by atoms with Crippen molar-refractivity contribution >= 4 is 10.3 Å². The Kier molecular flexibility index (Phi) is 4.83. The van der Waals surface area contributed by atoms with Crippen molar-refractivity contribution < 1.29 is 8.92 Å². The van der Waals surface area contributed by atoms with E-state index in [0.29, 0.717) is 18.8 Å². The van der Waals surface area contributed by atoms with Crippen LogP contribution in [0.4, 0.5) is 0 Å². The minimum Gasteiger partial charge on any atom is -0.373 e. The Morgan fingerprint density at radius 2 is 1.65 bits per heavy atom. The number of hydrogen-bond donors (Lipinski definition) is 0. The molecule has 0 saturated heterocycles. The first-order valence-electron chi connectivity index (χ1n) is 7.34. The van der Waals surface area contributed by atoms with Crippen LogP contribution in [0.2, 0.25) is 0 Å². The zero-order valence-electron chi connectivity index (χ0n) is 13.4. The van der Waals surface area contributed by atoms with Gasteiger partial charge in [0.05, 0.1) is 18.8 Å². The lowest BCUT2D eigenvalue weighted by molar-refractivity contribution is -0.0649. The zero-order chi connectivity index (χ0) is 14.8. The van der Waals surface area contributed by atoms with E-state index in [4.69, 9.17) is 8.92 Å². The van der Waals surface area contributed by atoms with Crippen molar-refractivity contribution in [3.8, 4) is 0 Å². The molecule has 1 aliphatic rings. The number of ether oxygens (including phenoxy) is 1. The van der Waals surface area contributed by atoms with E-state index in [1.165, 1.54) is 5.56 Å². The van der Waals surface area contributed by atoms with Gasteiger partial charge in [-0.05, 0) is 18.1 Å². The van der Waals surface area contributed by atoms with Gasteiger partial charge in [0, 0.05) is 17.6 Å². The van der Waals surface area contributed by atoms with Gasteiger partial charge in [0.2, 0.25) is 0 Å². The number of hydrogen-bond acceptors (Lipinski definition) is 2. The SMILES string of the molecule is CC(C)(C)S(C)(C)OC1CC(OCc2ccccc2)C1. The van der Waals surface area contributed by atoms with Gasteiger partial charge >= 0.3 is 0 Å². The third-order valence-corrected chi connectivity index (χ3v) is 7.93. The third-order valence-electron chi connectivity index (χ3n) is 4.23. The molecule has 114 valence electrons. The normalized spacial score (nSPS) is 24.2. The Hall–Kier alpha value is -0.510. The van der Waals surface area contributed by atoms with Crippen LogP contribution in [-0.2, 0) is 15.5 Å². The van der Waals surface area contributed by atoms with Crippen LogP contribution in [0.1, 0.15) is 39.2 Å². The van der Waals surface area contributed by atoms with E-state index in [-0.39, 0.29) is 4.75 Å². The lowest BCUT2D eigenvalue weighted by Gasteiger charge is -2.49. The first kappa shape index (κ1) is 15.9. The summed E-state index contributed by atoms with van der Waals surface area (Å²) in [5, 5.41) is 0. The summed E-state index contributed by atoms with van der Waals surface area (Å²) in [4.78, 5) is 0. The molecule has 0 unspecified atom stereocenters. The summed E-state index contributed by atoms with van der Waals surface area (Å²) in [6.45, 7) is 7.52. The van der Waals surface area contributed by atoms with Crippen molar-refractivity contribution in [2.24, 2.45) is 0 Å². The molecule has 3 heteroatoms. The monoisotopic (exact) mass is 296 g/mol. The van der Waals surface area contributed by atoms with E-state index >= 15 is 0 Å². The first-order valence-corrected chi connectivity index (χ1v) is 9.72. The third kappa shape index (κ3) is 4.00. The van der Waals surface area contributed by atoms with Gasteiger partial charge in [-0.2, -0.15) is 0 Å². The molecule has 0 amide bonds. The molecule has 1 fully saturated rings. The molecule has 1 aromatic rings. The van der Waals surface area contributed by atoms with Gasteiger partial charge in [-0.15, -0.1) is 10.3 Å². The highest BCUT2D eigenvalue weighted by molar-refractivity contribution is 8.29. The van der Waals surface area contributed by atoms with E-state index in [1.807, 2.05) is 6.07 Å². The molecule has 2 nitrogen and oxygen atoms in total. The second kappa shape index (κ2) is 6.08. The summed E-state index contributed by atoms with van der Waals surface area (Å²) in [6.07, 6.45) is 7.38. The van der Waals surface area contributed by atoms with Gasteiger partial charge in [-0.3, -0.25) is 0 Å². The van der Waals surface area contributed by atoms with Gasteiger partial charge in [-0.25, -0.2) is 0 Å². The van der Waals surface area contributed by atoms with Crippen LogP contribution in [-0.4, -0.2) is 29.5 Å². The van der Waals surface area contributed by atoms with E-state index in [2.05, 4.69) is 57.5 Å². The van der Waals surface area contributed by atoms with Crippen LogP contribution < -0.4 is 0 Å². The van der Waals surface area contributed by atoms with Gasteiger partial charge in [0.1, 0.15) is 0 Å². The highest BCUT2D eigenvalue weighted by Crippen LogP contribution is 2.56. The maximum atomic E-state index is 6.32. The lowest BCUT2D eigenvalue weighted by atomic mass is 9.92. The maximum absolute atomic E-state index is 6.32. The molecular weight excluding hydrogens is 268 g/mol. The molecular formula is C17H28O2S. The summed E-state index contributed by atoms with van der Waals surface area (Å²) < 4.78 is 12.5. The fourth-order valence-electron chi connectivity index (χ4n) is 2.00. The van der Waals surface area contributed by atoms with E-state index < -0.39 is 10.3 Å². The maximum Gasteiger partial charge on any atom is 0.0750 e. The molecule has 0 aromatic heterocycles. The summed E-state index contributed by atoms with van der Waals surface area (Å²) in [7, 11) is -1.00. The standard InChI is InChI=1S/C17H28O2S/c1-17(2,3)20(4,5)19-16-11-15(12-16)18-13-14-9-7-6-8-10-14/h6-10,15-16H,11-13H2,1-5H3. The number of benzene rings is 1. The smallest absolute Gasteiger partial charge is 0.0750 e. The Labute approximate surface area is 125 Å². The Bertz CT molecular complexity index is 416. The average molecular weight is 296 g/mol. The van der Waals surface area contributed by atoms with Crippen LogP contribution in [0, 0.1) is 0 Å². The molecule has 20 heavy (non-hydrogen) atoms. The van der Waals surface area contributed by atoms with Crippen molar-refractivity contribution in [1.82, 2.24) is 0 Å². The molecule has 0 bridgehead atoms. The fraction of sp³-hybridized carbons (Fsp3) is 0.647. The predicted octanol–water partition coefficient (Wildman–Crippen LogP) is 4.53. The Morgan fingerprint density at radius 3 is 2.20 bits per heavy atom. The first-order chi connectivity index (χ1) is 9.28. The molecule has 1 saturated carbocycles. The molecule has 0 N–H and O–H groups in total. The summed E-state index contributed by atoms with van der Waals surface area (Å²) >= 11 is 0. The Morgan fingerprint density at radius 1 is 1.05 bits per heavy atom. The largest absolute Gasteiger partial charge is 0.373 e. The van der Waals surface area contributed by atoms with Gasteiger partial charge < -0.3 is 8.92 Å². The molecule has 1 aromatic carbocycles. The van der Waals surface area contributed by atoms with Crippen LogP contribution >= 0.6 is 10.3 Å². The van der Waals surface area contributed by atoms with E-state index in [1.54, 1.807) is 0 Å². The molecule has 2 rings (SSSR count). The van der Waals surface area contributed by atoms with Crippen LogP contribution in [0.25, 0.3) is 0 Å². The second-order valence-electron chi connectivity index (χ2n) is 6.95. The van der Waals surface area contributed by atoms with E-state index in [0.717, 1.165) is 12.8 Å². The van der Waals surface area contributed by atoms with Crippen LogP contribution in [0.5, 0.6) is 0 Å². The van der Waals surface area contributed by atoms with Gasteiger partial charge in [0.15, 0.2) is 0 Å². The molecule has 0 aliphatic heterocycles. The molecule has 0 spiro atoms. The van der Waals surface area contributed by atoms with Crippen molar-refractivity contribution in [2.45, 2.75) is 57.2 Å². The summed E-state index contributed by atoms with van der Waals surface area (Å²) in [5.41, 5.74) is 1.25. The molecule has 0 radical (unpaired) electrons. The van der Waals surface area contributed by atoms with Gasteiger partial charge in [0.25, 0.3) is 0 Å². The van der Waals surface area contributed by atoms with Gasteiger partial charge in [-0.1, -0.05) is 51.1 Å². The Balaban J connectivity index is 1.70. The minimum atomic E-state index is -1.00. The molecule has 1 aliphatic carbocycles. The van der Waals surface area contributed by atoms with Crippen LogP contribution in [0.15, 0.2) is 30.3 Å². The van der Waals surface area contributed by atoms with E-state index in [9.17, 15) is 0 Å². The predicted molar refractivity (Wildman–Crippen MR) is 88.3 cm³/mol. The lowest BCUT2D eigenvalue weighted by Crippen LogP contribution is -2.40. The summed E-state index contributed by atoms with van der Waals surface area (Å²) in [6, 6.07) is 10.4. The molecule has 0 heterocycles. The van der Waals surface area contributed by atoms with Crippen molar-refractivity contribution in [1.29, 1.82) is 0 Å². The summed E-state index contributed by atoms with van der Waals surface area (Å²) in [5.74, 6) is 0. The minimum absolute atomic E-state index is 0.239. The highest BCUT2D eigenvalue weighted by atomic mass is 32.3. The quantitative estimate of drug-likeness (QED) is 0.795. The second-order valence-corrected chi connectivity index (χ2v) is 10.8. The van der Waals surface area contributed by atoms with Crippen molar-refractivity contribution in [3.63, 3.8) is 0 Å².